The van der Waals surface area contributed by atoms with Gasteiger partial charge >= 0.3 is 5.97 Å². The number of carboxylic acid groups (broad SMARTS) is 1. The molecule has 0 amide bonds. The summed E-state index contributed by atoms with van der Waals surface area (Å²) in [7, 11) is 0. The molecule has 0 bridgehead atoms. The van der Waals surface area contributed by atoms with Crippen LogP contribution in [0.1, 0.15) is 42.9 Å². The van der Waals surface area contributed by atoms with Crippen LogP contribution >= 0.6 is 0 Å². The second-order valence-electron chi connectivity index (χ2n) is 6.08. The number of aliphatic carboxylic acids is 1. The van der Waals surface area contributed by atoms with Gasteiger partial charge in [0, 0.05) is 0 Å². The Kier molecular flexibility index (Phi) is 5.88. The lowest BCUT2D eigenvalue weighted by Gasteiger charge is -2.12. The molecule has 0 aliphatic carbocycles. The van der Waals surface area contributed by atoms with E-state index in [0.717, 1.165) is 16.7 Å². The lowest BCUT2D eigenvalue weighted by atomic mass is 9.93. The van der Waals surface area contributed by atoms with E-state index in [0.29, 0.717) is 5.92 Å². The average Bonchev–Trinajstić information content (AvgIpc) is 2.56. The number of benzene rings is 2. The van der Waals surface area contributed by atoms with Crippen molar-refractivity contribution in [2.75, 3.05) is 0 Å². The van der Waals surface area contributed by atoms with Crippen LogP contribution in [0.5, 0.6) is 0 Å². The van der Waals surface area contributed by atoms with Gasteiger partial charge in [-0.15, -0.1) is 0 Å². The third kappa shape index (κ3) is 4.52. The molecule has 0 spiro atoms. The third-order valence-electron chi connectivity index (χ3n) is 3.94. The maximum Gasteiger partial charge on any atom is 0.320 e. The number of halogens is 1. The molecule has 2 aromatic carbocycles. The highest BCUT2D eigenvalue weighted by molar-refractivity contribution is 5.81. The molecule has 3 nitrogen and oxygen atoms in total. The molecular formula is C20H22FNO2. The molecule has 2 aromatic rings. The monoisotopic (exact) mass is 327 g/mol. The van der Waals surface area contributed by atoms with Gasteiger partial charge in [0.25, 0.3) is 0 Å². The molecule has 0 heterocycles. The standard InChI is InChI=1S/C20H22FNO2/c1-13(2)14-3-5-15(6-4-14)18(11-12-19(22)20(23)24)16-7-9-17(21)10-8-16/h3-11,13,19H,12,22H2,1-2H3,(H,23,24)/b18-11-. The molecular weight excluding hydrogens is 305 g/mol. The fourth-order valence-electron chi connectivity index (χ4n) is 2.43. The average molecular weight is 327 g/mol. The Morgan fingerprint density at radius 3 is 2.04 bits per heavy atom. The predicted molar refractivity (Wildman–Crippen MR) is 94.2 cm³/mol. The summed E-state index contributed by atoms with van der Waals surface area (Å²) in [5.41, 5.74) is 9.45. The van der Waals surface area contributed by atoms with Gasteiger partial charge in [0.2, 0.25) is 0 Å². The van der Waals surface area contributed by atoms with Crippen LogP contribution in [0, 0.1) is 5.82 Å². The van der Waals surface area contributed by atoms with E-state index in [9.17, 15) is 9.18 Å². The van der Waals surface area contributed by atoms with Crippen molar-refractivity contribution in [2.24, 2.45) is 5.73 Å². The summed E-state index contributed by atoms with van der Waals surface area (Å²) in [4.78, 5) is 10.9. The van der Waals surface area contributed by atoms with Crippen molar-refractivity contribution in [2.45, 2.75) is 32.2 Å². The van der Waals surface area contributed by atoms with Crippen molar-refractivity contribution in [1.29, 1.82) is 0 Å². The van der Waals surface area contributed by atoms with E-state index in [2.05, 4.69) is 26.0 Å². The molecule has 0 saturated carbocycles. The van der Waals surface area contributed by atoms with Gasteiger partial charge in [0.05, 0.1) is 0 Å². The normalized spacial score (nSPS) is 13.1. The Hall–Kier alpha value is -2.46. The Bertz CT molecular complexity index is 718. The van der Waals surface area contributed by atoms with Gasteiger partial charge in [-0.25, -0.2) is 4.39 Å². The van der Waals surface area contributed by atoms with Crippen molar-refractivity contribution in [1.82, 2.24) is 0 Å². The van der Waals surface area contributed by atoms with Gasteiger partial charge in [0.1, 0.15) is 11.9 Å². The van der Waals surface area contributed by atoms with Gasteiger partial charge in [-0.2, -0.15) is 0 Å². The lowest BCUT2D eigenvalue weighted by Crippen LogP contribution is -2.29. The molecule has 0 fully saturated rings. The molecule has 0 aliphatic rings. The Labute approximate surface area is 141 Å². The molecule has 0 aromatic heterocycles. The first-order valence-electron chi connectivity index (χ1n) is 7.93. The summed E-state index contributed by atoms with van der Waals surface area (Å²) >= 11 is 0. The van der Waals surface area contributed by atoms with Crippen LogP contribution in [0.4, 0.5) is 4.39 Å². The quantitative estimate of drug-likeness (QED) is 0.836. The zero-order chi connectivity index (χ0) is 17.7. The second kappa shape index (κ2) is 7.88. The van der Waals surface area contributed by atoms with E-state index in [-0.39, 0.29) is 12.2 Å². The minimum Gasteiger partial charge on any atom is -0.480 e. The van der Waals surface area contributed by atoms with Crippen molar-refractivity contribution in [3.8, 4) is 0 Å². The van der Waals surface area contributed by atoms with E-state index in [1.165, 1.54) is 17.7 Å². The Morgan fingerprint density at radius 2 is 1.58 bits per heavy atom. The van der Waals surface area contributed by atoms with Crippen LogP contribution in [0.25, 0.3) is 5.57 Å². The first kappa shape index (κ1) is 17.9. The number of hydrogen-bond donors (Lipinski definition) is 2. The van der Waals surface area contributed by atoms with E-state index < -0.39 is 12.0 Å². The molecule has 0 radical (unpaired) electrons. The zero-order valence-electron chi connectivity index (χ0n) is 13.9. The molecule has 24 heavy (non-hydrogen) atoms. The molecule has 1 atom stereocenters. The molecule has 4 heteroatoms. The minimum absolute atomic E-state index is 0.202. The second-order valence-corrected chi connectivity index (χ2v) is 6.08. The highest BCUT2D eigenvalue weighted by Crippen LogP contribution is 2.26. The van der Waals surface area contributed by atoms with Crippen LogP contribution in [-0.2, 0) is 4.79 Å². The number of carbonyl (C=O) groups is 1. The van der Waals surface area contributed by atoms with Gasteiger partial charge in [0.15, 0.2) is 0 Å². The van der Waals surface area contributed by atoms with Crippen LogP contribution in [-0.4, -0.2) is 17.1 Å². The summed E-state index contributed by atoms with van der Waals surface area (Å²) in [5, 5.41) is 8.97. The highest BCUT2D eigenvalue weighted by atomic mass is 19.1. The van der Waals surface area contributed by atoms with Crippen LogP contribution in [0.15, 0.2) is 54.6 Å². The summed E-state index contributed by atoms with van der Waals surface area (Å²) in [6.45, 7) is 4.25. The summed E-state index contributed by atoms with van der Waals surface area (Å²) in [6.07, 6.45) is 2.00. The summed E-state index contributed by atoms with van der Waals surface area (Å²) in [6, 6.07) is 13.3. The lowest BCUT2D eigenvalue weighted by molar-refractivity contribution is -0.138. The van der Waals surface area contributed by atoms with Gasteiger partial charge < -0.3 is 10.8 Å². The Morgan fingerprint density at radius 1 is 1.08 bits per heavy atom. The van der Waals surface area contributed by atoms with Gasteiger partial charge in [-0.1, -0.05) is 56.3 Å². The molecule has 1 unspecified atom stereocenters. The zero-order valence-corrected chi connectivity index (χ0v) is 13.9. The van der Waals surface area contributed by atoms with Crippen molar-refractivity contribution >= 4 is 11.5 Å². The van der Waals surface area contributed by atoms with Crippen molar-refractivity contribution in [3.05, 3.63) is 77.1 Å². The highest BCUT2D eigenvalue weighted by Gasteiger charge is 2.12. The van der Waals surface area contributed by atoms with E-state index in [4.69, 9.17) is 10.8 Å². The fourth-order valence-corrected chi connectivity index (χ4v) is 2.43. The predicted octanol–water partition coefficient (Wildman–Crippen LogP) is 4.18. The topological polar surface area (TPSA) is 63.3 Å². The fraction of sp³-hybridized carbons (Fsp3) is 0.250. The minimum atomic E-state index is -1.04. The molecule has 3 N–H and O–H groups in total. The Balaban J connectivity index is 2.40. The van der Waals surface area contributed by atoms with E-state index in [1.807, 2.05) is 12.1 Å². The third-order valence-corrected chi connectivity index (χ3v) is 3.94. The first-order chi connectivity index (χ1) is 11.4. The van der Waals surface area contributed by atoms with Crippen molar-refractivity contribution < 1.29 is 14.3 Å². The maximum absolute atomic E-state index is 13.2. The number of nitrogens with two attached hydrogens (primary N) is 1. The SMILES string of the molecule is CC(C)c1ccc(/C(=C/CC(N)C(=O)O)c2ccc(F)cc2)cc1. The molecule has 0 saturated heterocycles. The largest absolute Gasteiger partial charge is 0.480 e. The van der Waals surface area contributed by atoms with Gasteiger partial charge in [-0.05, 0) is 46.7 Å². The smallest absolute Gasteiger partial charge is 0.320 e. The van der Waals surface area contributed by atoms with Gasteiger partial charge in [-0.3, -0.25) is 4.79 Å². The number of rotatable bonds is 6. The maximum atomic E-state index is 13.2. The summed E-state index contributed by atoms with van der Waals surface area (Å²) < 4.78 is 13.2. The van der Waals surface area contributed by atoms with E-state index in [1.54, 1.807) is 18.2 Å². The van der Waals surface area contributed by atoms with Crippen LogP contribution < -0.4 is 5.73 Å². The van der Waals surface area contributed by atoms with Crippen LogP contribution in [0.2, 0.25) is 0 Å². The van der Waals surface area contributed by atoms with E-state index >= 15 is 0 Å². The molecule has 0 aliphatic heterocycles. The molecule has 126 valence electrons. The molecule has 2 rings (SSSR count). The summed E-state index contributed by atoms with van der Waals surface area (Å²) in [5.74, 6) is -0.923. The van der Waals surface area contributed by atoms with Crippen LogP contribution in [0.3, 0.4) is 0 Å². The number of hydrogen-bond acceptors (Lipinski definition) is 2. The first-order valence-corrected chi connectivity index (χ1v) is 7.93. The number of carboxylic acids is 1. The van der Waals surface area contributed by atoms with Crippen molar-refractivity contribution in [3.63, 3.8) is 0 Å².